The van der Waals surface area contributed by atoms with Gasteiger partial charge in [-0.3, -0.25) is 14.2 Å². The van der Waals surface area contributed by atoms with E-state index in [1.165, 1.54) is 6.07 Å². The first kappa shape index (κ1) is 19.0. The standard InChI is InChI=1S/C19H17F2N3O2S/c1-2-9-22-17(25)11-27-19-23-15-6-4-3-5-13(15)18(26)24(19)16-8-7-12(20)10-14(16)21/h3-8,10H,2,9,11H2,1H3,(H,22,25). The maximum Gasteiger partial charge on any atom is 0.266 e. The first-order valence-electron chi connectivity index (χ1n) is 8.38. The Kier molecular flexibility index (Phi) is 5.85. The highest BCUT2D eigenvalue weighted by atomic mass is 32.2. The molecule has 3 rings (SSSR count). The lowest BCUT2D eigenvalue weighted by Crippen LogP contribution is -2.27. The number of thioether (sulfide) groups is 1. The van der Waals surface area contributed by atoms with Crippen molar-refractivity contribution in [2.75, 3.05) is 12.3 Å². The maximum absolute atomic E-state index is 14.3. The Morgan fingerprint density at radius 2 is 2.00 bits per heavy atom. The molecule has 5 nitrogen and oxygen atoms in total. The molecule has 2 aromatic carbocycles. The summed E-state index contributed by atoms with van der Waals surface area (Å²) in [7, 11) is 0. The van der Waals surface area contributed by atoms with Crippen LogP contribution in [0.2, 0.25) is 0 Å². The molecule has 0 saturated carbocycles. The van der Waals surface area contributed by atoms with E-state index in [1.807, 2.05) is 6.92 Å². The summed E-state index contributed by atoms with van der Waals surface area (Å²) in [5.41, 5.74) is -0.156. The largest absolute Gasteiger partial charge is 0.355 e. The van der Waals surface area contributed by atoms with Crippen molar-refractivity contribution in [2.24, 2.45) is 0 Å². The van der Waals surface area contributed by atoms with Crippen LogP contribution in [0, 0.1) is 11.6 Å². The van der Waals surface area contributed by atoms with Crippen molar-refractivity contribution in [3.05, 3.63) is 64.5 Å². The molecule has 0 aliphatic rings. The molecule has 0 atom stereocenters. The number of aromatic nitrogens is 2. The lowest BCUT2D eigenvalue weighted by Gasteiger charge is -2.14. The quantitative estimate of drug-likeness (QED) is 0.519. The normalized spacial score (nSPS) is 10.9. The second-order valence-corrected chi connectivity index (χ2v) is 6.73. The zero-order chi connectivity index (χ0) is 19.4. The summed E-state index contributed by atoms with van der Waals surface area (Å²) in [5, 5.41) is 3.20. The first-order valence-corrected chi connectivity index (χ1v) is 9.36. The van der Waals surface area contributed by atoms with Crippen molar-refractivity contribution in [1.29, 1.82) is 0 Å². The highest BCUT2D eigenvalue weighted by molar-refractivity contribution is 7.99. The van der Waals surface area contributed by atoms with Gasteiger partial charge in [0.1, 0.15) is 11.6 Å². The monoisotopic (exact) mass is 389 g/mol. The molecule has 1 aromatic heterocycles. The van der Waals surface area contributed by atoms with Crippen LogP contribution in [0.15, 0.2) is 52.4 Å². The van der Waals surface area contributed by atoms with Gasteiger partial charge < -0.3 is 5.32 Å². The van der Waals surface area contributed by atoms with Crippen molar-refractivity contribution in [1.82, 2.24) is 14.9 Å². The number of fused-ring (bicyclic) bond motifs is 1. The third-order valence-corrected chi connectivity index (χ3v) is 4.74. The van der Waals surface area contributed by atoms with E-state index < -0.39 is 17.2 Å². The van der Waals surface area contributed by atoms with Gasteiger partial charge in [0.25, 0.3) is 5.56 Å². The number of nitrogens with zero attached hydrogens (tertiary/aromatic N) is 2. The molecule has 0 radical (unpaired) electrons. The number of benzene rings is 2. The molecule has 27 heavy (non-hydrogen) atoms. The SMILES string of the molecule is CCCNC(=O)CSc1nc2ccccc2c(=O)n1-c1ccc(F)cc1F. The predicted molar refractivity (Wildman–Crippen MR) is 101 cm³/mol. The molecule has 140 valence electrons. The zero-order valence-electron chi connectivity index (χ0n) is 14.5. The molecule has 3 aromatic rings. The Bertz CT molecular complexity index is 1050. The number of hydrogen-bond acceptors (Lipinski definition) is 4. The summed E-state index contributed by atoms with van der Waals surface area (Å²) in [6.45, 7) is 2.48. The van der Waals surface area contributed by atoms with Crippen LogP contribution in [0.4, 0.5) is 8.78 Å². The van der Waals surface area contributed by atoms with E-state index in [0.717, 1.165) is 28.8 Å². The fraction of sp³-hybridized carbons (Fsp3) is 0.211. The number of halogens is 2. The van der Waals surface area contributed by atoms with Crippen LogP contribution in [-0.4, -0.2) is 27.8 Å². The molecule has 0 aliphatic carbocycles. The molecular weight excluding hydrogens is 372 g/mol. The number of para-hydroxylation sites is 1. The molecule has 1 heterocycles. The Morgan fingerprint density at radius 1 is 1.22 bits per heavy atom. The molecule has 0 fully saturated rings. The second kappa shape index (κ2) is 8.30. The number of hydrogen-bond donors (Lipinski definition) is 1. The number of amides is 1. The van der Waals surface area contributed by atoms with Gasteiger partial charge in [-0.1, -0.05) is 30.8 Å². The van der Waals surface area contributed by atoms with Crippen LogP contribution in [-0.2, 0) is 4.79 Å². The Labute approximate surface area is 158 Å². The van der Waals surface area contributed by atoms with Crippen LogP contribution < -0.4 is 10.9 Å². The fourth-order valence-electron chi connectivity index (χ4n) is 2.53. The Balaban J connectivity index is 2.10. The van der Waals surface area contributed by atoms with Crippen molar-refractivity contribution in [3.63, 3.8) is 0 Å². The van der Waals surface area contributed by atoms with Crippen LogP contribution in [0.1, 0.15) is 13.3 Å². The van der Waals surface area contributed by atoms with Crippen LogP contribution in [0.25, 0.3) is 16.6 Å². The summed E-state index contributed by atoms with van der Waals surface area (Å²) in [6.07, 6.45) is 0.802. The van der Waals surface area contributed by atoms with Gasteiger partial charge in [-0.05, 0) is 30.7 Å². The summed E-state index contributed by atoms with van der Waals surface area (Å²) in [6, 6.07) is 9.64. The summed E-state index contributed by atoms with van der Waals surface area (Å²) >= 11 is 1.02. The highest BCUT2D eigenvalue weighted by Crippen LogP contribution is 2.23. The van der Waals surface area contributed by atoms with E-state index >= 15 is 0 Å². The van der Waals surface area contributed by atoms with Gasteiger partial charge in [0.05, 0.1) is 22.3 Å². The second-order valence-electron chi connectivity index (χ2n) is 5.79. The van der Waals surface area contributed by atoms with E-state index in [0.29, 0.717) is 23.5 Å². The molecule has 1 N–H and O–H groups in total. The van der Waals surface area contributed by atoms with Crippen LogP contribution >= 0.6 is 11.8 Å². The molecule has 0 saturated heterocycles. The molecular formula is C19H17F2N3O2S. The lowest BCUT2D eigenvalue weighted by atomic mass is 10.2. The molecule has 1 amide bonds. The smallest absolute Gasteiger partial charge is 0.266 e. The third kappa shape index (κ3) is 4.16. The minimum Gasteiger partial charge on any atom is -0.355 e. The van der Waals surface area contributed by atoms with E-state index in [9.17, 15) is 18.4 Å². The molecule has 0 bridgehead atoms. The number of rotatable bonds is 6. The number of carbonyl (C=O) groups is 1. The van der Waals surface area contributed by atoms with Gasteiger partial charge in [-0.2, -0.15) is 0 Å². The van der Waals surface area contributed by atoms with Gasteiger partial charge >= 0.3 is 0 Å². The van der Waals surface area contributed by atoms with Gasteiger partial charge in [0, 0.05) is 12.6 Å². The van der Waals surface area contributed by atoms with Crippen molar-refractivity contribution in [2.45, 2.75) is 18.5 Å². The van der Waals surface area contributed by atoms with Crippen LogP contribution in [0.5, 0.6) is 0 Å². The van der Waals surface area contributed by atoms with Crippen LogP contribution in [0.3, 0.4) is 0 Å². The Morgan fingerprint density at radius 3 is 2.74 bits per heavy atom. The summed E-state index contributed by atoms with van der Waals surface area (Å²) < 4.78 is 28.7. The lowest BCUT2D eigenvalue weighted by molar-refractivity contribution is -0.118. The topological polar surface area (TPSA) is 64.0 Å². The van der Waals surface area contributed by atoms with E-state index in [2.05, 4.69) is 10.3 Å². The predicted octanol–water partition coefficient (Wildman–Crippen LogP) is 3.28. The van der Waals surface area contributed by atoms with Gasteiger partial charge in [0.15, 0.2) is 5.16 Å². The average Bonchev–Trinajstić information content (AvgIpc) is 2.66. The zero-order valence-corrected chi connectivity index (χ0v) is 15.4. The number of nitrogens with one attached hydrogen (secondary N) is 1. The first-order chi connectivity index (χ1) is 13.0. The summed E-state index contributed by atoms with van der Waals surface area (Å²) in [4.78, 5) is 29.3. The third-order valence-electron chi connectivity index (χ3n) is 3.80. The van der Waals surface area contributed by atoms with Gasteiger partial charge in [-0.15, -0.1) is 0 Å². The minimum atomic E-state index is -0.883. The van der Waals surface area contributed by atoms with Crippen molar-refractivity contribution < 1.29 is 13.6 Å². The minimum absolute atomic E-state index is 0.0214. The van der Waals surface area contributed by atoms with Gasteiger partial charge in [-0.25, -0.2) is 13.8 Å². The van der Waals surface area contributed by atoms with E-state index in [4.69, 9.17) is 0 Å². The average molecular weight is 389 g/mol. The van der Waals surface area contributed by atoms with E-state index in [-0.39, 0.29) is 22.5 Å². The number of carbonyl (C=O) groups excluding carboxylic acids is 1. The summed E-state index contributed by atoms with van der Waals surface area (Å²) in [5.74, 6) is -1.82. The van der Waals surface area contributed by atoms with Gasteiger partial charge in [0.2, 0.25) is 5.91 Å². The van der Waals surface area contributed by atoms with Crippen molar-refractivity contribution >= 4 is 28.6 Å². The molecule has 0 aliphatic heterocycles. The fourth-order valence-corrected chi connectivity index (χ4v) is 3.37. The molecule has 8 heteroatoms. The maximum atomic E-state index is 14.3. The van der Waals surface area contributed by atoms with E-state index in [1.54, 1.807) is 24.3 Å². The molecule has 0 unspecified atom stereocenters. The molecule has 0 spiro atoms. The Hall–Kier alpha value is -2.74. The van der Waals surface area contributed by atoms with Crippen molar-refractivity contribution in [3.8, 4) is 5.69 Å². The highest BCUT2D eigenvalue weighted by Gasteiger charge is 2.17.